The van der Waals surface area contributed by atoms with Crippen LogP contribution in [0.4, 0.5) is 4.79 Å². The summed E-state index contributed by atoms with van der Waals surface area (Å²) in [7, 11) is 0. The number of aliphatic hydroxyl groups is 1. The molecule has 146 valence electrons. The number of nitrogens with one attached hydrogen (secondary N) is 2. The van der Waals surface area contributed by atoms with E-state index in [1.54, 1.807) is 0 Å². The molecule has 1 unspecified atom stereocenters. The molecule has 0 radical (unpaired) electrons. The molecule has 0 aromatic rings. The van der Waals surface area contributed by atoms with Gasteiger partial charge in [0.15, 0.2) is 5.78 Å². The van der Waals surface area contributed by atoms with Crippen LogP contribution in [0, 0.1) is 0 Å². The van der Waals surface area contributed by atoms with Crippen LogP contribution in [0.1, 0.15) is 39.5 Å². The number of likely N-dealkylation sites (tertiary alicyclic amines) is 2. The number of nitrogens with zero attached hydrogens (tertiary/aromatic N) is 2. The van der Waals surface area contributed by atoms with Crippen LogP contribution in [-0.2, 0) is 14.4 Å². The molecule has 0 aliphatic carbocycles. The highest BCUT2D eigenvalue weighted by Crippen LogP contribution is 2.26. The zero-order valence-corrected chi connectivity index (χ0v) is 15.4. The first-order valence-electron chi connectivity index (χ1n) is 9.15. The smallest absolute Gasteiger partial charge is 0.318 e. The number of Topliss-reactive ketones (excluding diaryl/α,β-unsaturated/α-hetero) is 1. The van der Waals surface area contributed by atoms with Crippen LogP contribution >= 0.6 is 0 Å². The van der Waals surface area contributed by atoms with Crippen molar-refractivity contribution in [2.75, 3.05) is 26.2 Å². The van der Waals surface area contributed by atoms with Crippen molar-refractivity contribution in [1.29, 1.82) is 0 Å². The van der Waals surface area contributed by atoms with E-state index in [9.17, 15) is 24.3 Å². The Hall–Kier alpha value is -2.16. The summed E-state index contributed by atoms with van der Waals surface area (Å²) in [6, 6.07) is -1.89. The van der Waals surface area contributed by atoms with Crippen molar-refractivity contribution < 1.29 is 24.3 Å². The van der Waals surface area contributed by atoms with Crippen molar-refractivity contribution in [1.82, 2.24) is 20.4 Å². The summed E-state index contributed by atoms with van der Waals surface area (Å²) in [4.78, 5) is 51.4. The van der Waals surface area contributed by atoms with Crippen molar-refractivity contribution in [2.45, 2.75) is 57.7 Å². The Kier molecular flexibility index (Phi) is 6.96. The lowest BCUT2D eigenvalue weighted by molar-refractivity contribution is -0.137. The Morgan fingerprint density at radius 3 is 2.50 bits per heavy atom. The van der Waals surface area contributed by atoms with Crippen LogP contribution in [0.25, 0.3) is 0 Å². The predicted octanol–water partition coefficient (Wildman–Crippen LogP) is -0.763. The fourth-order valence-corrected chi connectivity index (χ4v) is 3.55. The Morgan fingerprint density at radius 1 is 1.12 bits per heavy atom. The second-order valence-electron chi connectivity index (χ2n) is 6.84. The molecule has 2 aliphatic heterocycles. The highest BCUT2D eigenvalue weighted by atomic mass is 16.3. The number of amides is 4. The molecule has 0 aromatic carbocycles. The largest absolute Gasteiger partial charge is 0.391 e. The second kappa shape index (κ2) is 8.98. The Labute approximate surface area is 153 Å². The Balaban J connectivity index is 1.98. The number of carbonyl (C=O) groups is 4. The van der Waals surface area contributed by atoms with Crippen molar-refractivity contribution in [2.24, 2.45) is 0 Å². The molecule has 0 bridgehead atoms. The van der Waals surface area contributed by atoms with Crippen LogP contribution in [0.15, 0.2) is 0 Å². The minimum atomic E-state index is -0.796. The normalized spacial score (nSPS) is 25.3. The Morgan fingerprint density at radius 2 is 1.85 bits per heavy atom. The first kappa shape index (κ1) is 20.2. The molecule has 0 saturated carbocycles. The number of hydrogen-bond donors (Lipinski definition) is 3. The van der Waals surface area contributed by atoms with Gasteiger partial charge in [-0.1, -0.05) is 6.92 Å². The zero-order chi connectivity index (χ0) is 19.3. The molecule has 3 N–H and O–H groups in total. The van der Waals surface area contributed by atoms with Gasteiger partial charge in [0.05, 0.1) is 24.7 Å². The number of β-amino-alcohol motifs (C(OH)–C–C–N with tert-alkyl or cyclic N) is 1. The lowest BCUT2D eigenvalue weighted by Gasteiger charge is -2.29. The Bertz CT molecular complexity index is 567. The van der Waals surface area contributed by atoms with Crippen LogP contribution in [0.3, 0.4) is 0 Å². The van der Waals surface area contributed by atoms with E-state index in [0.29, 0.717) is 19.5 Å². The molecule has 2 rings (SSSR count). The molecule has 2 aliphatic rings. The van der Waals surface area contributed by atoms with E-state index in [4.69, 9.17) is 0 Å². The van der Waals surface area contributed by atoms with E-state index in [0.717, 1.165) is 12.8 Å². The summed E-state index contributed by atoms with van der Waals surface area (Å²) in [6.07, 6.45) is 1.46. The number of carbonyl (C=O) groups excluding carboxylic acids is 4. The third-order valence-corrected chi connectivity index (χ3v) is 4.83. The molecule has 2 fully saturated rings. The zero-order valence-electron chi connectivity index (χ0n) is 15.4. The molecular weight excluding hydrogens is 340 g/mol. The van der Waals surface area contributed by atoms with E-state index in [1.165, 1.54) is 16.7 Å². The maximum absolute atomic E-state index is 12.9. The standard InChI is InChI=1S/C17H28N4O5/c1-3-6-18-15(24)9-19-17(26)21-10-12(23)8-14(21)16(25)13-5-4-7-20(13)11(2)22/h12-14,23H,3-10H2,1-2H3,(H,18,24)(H,19,26)/t12-,13-,14?/m0/s1. The number of rotatable bonds is 6. The quantitative estimate of drug-likeness (QED) is 0.569. The molecule has 9 heteroatoms. The molecular formula is C17H28N4O5. The van der Waals surface area contributed by atoms with E-state index in [2.05, 4.69) is 10.6 Å². The number of ketones is 1. The highest BCUT2D eigenvalue weighted by molar-refractivity contribution is 5.96. The van der Waals surface area contributed by atoms with Gasteiger partial charge in [-0.15, -0.1) is 0 Å². The SMILES string of the molecule is CCCNC(=O)CNC(=O)N1C[C@@H](O)CC1C(=O)[C@@H]1CCCN1C(C)=O. The average molecular weight is 368 g/mol. The lowest BCUT2D eigenvalue weighted by Crippen LogP contribution is -2.52. The van der Waals surface area contributed by atoms with Gasteiger partial charge in [0.2, 0.25) is 11.8 Å². The van der Waals surface area contributed by atoms with Gasteiger partial charge >= 0.3 is 6.03 Å². The van der Waals surface area contributed by atoms with Gasteiger partial charge in [0.25, 0.3) is 0 Å². The second-order valence-corrected chi connectivity index (χ2v) is 6.84. The molecule has 0 aromatic heterocycles. The van der Waals surface area contributed by atoms with Crippen LogP contribution < -0.4 is 10.6 Å². The fraction of sp³-hybridized carbons (Fsp3) is 0.765. The highest BCUT2D eigenvalue weighted by Gasteiger charge is 2.44. The molecule has 0 spiro atoms. The fourth-order valence-electron chi connectivity index (χ4n) is 3.55. The van der Waals surface area contributed by atoms with Gasteiger partial charge < -0.3 is 25.5 Å². The van der Waals surface area contributed by atoms with Gasteiger partial charge in [-0.2, -0.15) is 0 Å². The molecule has 3 atom stereocenters. The van der Waals surface area contributed by atoms with E-state index in [-0.39, 0.29) is 37.1 Å². The van der Waals surface area contributed by atoms with Crippen LogP contribution in [0.2, 0.25) is 0 Å². The average Bonchev–Trinajstić information content (AvgIpc) is 3.23. The predicted molar refractivity (Wildman–Crippen MR) is 93.2 cm³/mol. The summed E-state index contributed by atoms with van der Waals surface area (Å²) in [6.45, 7) is 4.26. The summed E-state index contributed by atoms with van der Waals surface area (Å²) < 4.78 is 0. The monoisotopic (exact) mass is 368 g/mol. The van der Waals surface area contributed by atoms with Gasteiger partial charge in [-0.05, 0) is 19.3 Å². The van der Waals surface area contributed by atoms with E-state index >= 15 is 0 Å². The van der Waals surface area contributed by atoms with Gasteiger partial charge in [-0.25, -0.2) is 4.79 Å². The minimum absolute atomic E-state index is 0.0333. The summed E-state index contributed by atoms with van der Waals surface area (Å²) in [5.74, 6) is -0.691. The lowest BCUT2D eigenvalue weighted by atomic mass is 10.0. The number of urea groups is 1. The van der Waals surface area contributed by atoms with Crippen LogP contribution in [0.5, 0.6) is 0 Å². The third kappa shape index (κ3) is 4.72. The third-order valence-electron chi connectivity index (χ3n) is 4.83. The van der Waals surface area contributed by atoms with Gasteiger partial charge in [0, 0.05) is 33.0 Å². The van der Waals surface area contributed by atoms with Crippen molar-refractivity contribution in [3.63, 3.8) is 0 Å². The van der Waals surface area contributed by atoms with E-state index in [1.807, 2.05) is 6.92 Å². The van der Waals surface area contributed by atoms with Crippen molar-refractivity contribution in [3.05, 3.63) is 0 Å². The van der Waals surface area contributed by atoms with Gasteiger partial charge in [0.1, 0.15) is 0 Å². The first-order chi connectivity index (χ1) is 12.3. The molecule has 26 heavy (non-hydrogen) atoms. The van der Waals surface area contributed by atoms with E-state index < -0.39 is 24.2 Å². The number of aliphatic hydroxyl groups excluding tert-OH is 1. The molecule has 2 heterocycles. The molecule has 4 amide bonds. The van der Waals surface area contributed by atoms with Gasteiger partial charge in [-0.3, -0.25) is 14.4 Å². The topological polar surface area (TPSA) is 119 Å². The maximum atomic E-state index is 12.9. The first-order valence-corrected chi connectivity index (χ1v) is 9.15. The molecule has 9 nitrogen and oxygen atoms in total. The summed E-state index contributed by atoms with van der Waals surface area (Å²) in [5.41, 5.74) is 0. The maximum Gasteiger partial charge on any atom is 0.318 e. The van der Waals surface area contributed by atoms with Crippen molar-refractivity contribution >= 4 is 23.6 Å². The van der Waals surface area contributed by atoms with Crippen molar-refractivity contribution in [3.8, 4) is 0 Å². The minimum Gasteiger partial charge on any atom is -0.391 e. The number of hydrogen-bond acceptors (Lipinski definition) is 5. The summed E-state index contributed by atoms with van der Waals surface area (Å²) >= 11 is 0. The molecule has 2 saturated heterocycles. The van der Waals surface area contributed by atoms with Crippen LogP contribution in [-0.4, -0.2) is 82.9 Å². The summed E-state index contributed by atoms with van der Waals surface area (Å²) in [5, 5.41) is 15.1.